The molecule has 2 fully saturated rings. The van der Waals surface area contributed by atoms with Gasteiger partial charge in [0.1, 0.15) is 6.29 Å². The molecule has 0 aromatic rings. The third-order valence-electron chi connectivity index (χ3n) is 2.69. The van der Waals surface area contributed by atoms with E-state index >= 15 is 0 Å². The molecular formula is C11H21NO2. The molecule has 1 saturated heterocycles. The number of nitrogens with one attached hydrogen (secondary N) is 1. The number of aldehydes is 1. The van der Waals surface area contributed by atoms with Gasteiger partial charge in [-0.25, -0.2) is 0 Å². The van der Waals surface area contributed by atoms with Crippen molar-refractivity contribution in [2.75, 3.05) is 26.3 Å². The van der Waals surface area contributed by atoms with E-state index in [2.05, 4.69) is 5.32 Å². The lowest BCUT2D eigenvalue weighted by atomic mass is 9.91. The van der Waals surface area contributed by atoms with Gasteiger partial charge in [0, 0.05) is 19.0 Å². The average Bonchev–Trinajstić information content (AvgIpc) is 2.33. The van der Waals surface area contributed by atoms with Crippen LogP contribution >= 0.6 is 0 Å². The number of morpholine rings is 1. The second-order valence-corrected chi connectivity index (χ2v) is 3.90. The molecule has 0 aromatic heterocycles. The van der Waals surface area contributed by atoms with Crippen LogP contribution in [-0.2, 0) is 9.53 Å². The summed E-state index contributed by atoms with van der Waals surface area (Å²) < 4.78 is 5.01. The van der Waals surface area contributed by atoms with Gasteiger partial charge in [0.25, 0.3) is 0 Å². The fourth-order valence-corrected chi connectivity index (χ4v) is 1.79. The molecule has 0 aromatic carbocycles. The molecule has 82 valence electrons. The van der Waals surface area contributed by atoms with Crippen LogP contribution < -0.4 is 5.32 Å². The molecule has 0 atom stereocenters. The molecule has 0 unspecified atom stereocenters. The van der Waals surface area contributed by atoms with E-state index in [0.717, 1.165) is 45.4 Å². The number of rotatable bonds is 1. The standard InChI is InChI=1S/C7H12O.C4H9NO/c8-6-7-4-2-1-3-5-7;1-3-6-4-2-5-1/h6-7H,1-5H2;5H,1-4H2. The van der Waals surface area contributed by atoms with Gasteiger partial charge in [-0.05, 0) is 12.8 Å². The Morgan fingerprint density at radius 3 is 2.00 bits per heavy atom. The molecule has 0 radical (unpaired) electrons. The van der Waals surface area contributed by atoms with E-state index in [4.69, 9.17) is 4.74 Å². The zero-order valence-electron chi connectivity index (χ0n) is 8.84. The maximum absolute atomic E-state index is 10.2. The van der Waals surface area contributed by atoms with Crippen molar-refractivity contribution in [3.8, 4) is 0 Å². The summed E-state index contributed by atoms with van der Waals surface area (Å²) in [5, 5.41) is 3.16. The molecule has 3 heteroatoms. The third kappa shape index (κ3) is 5.35. The molecule has 1 aliphatic carbocycles. The van der Waals surface area contributed by atoms with Crippen LogP contribution in [-0.4, -0.2) is 32.6 Å². The zero-order valence-corrected chi connectivity index (χ0v) is 8.84. The highest BCUT2D eigenvalue weighted by atomic mass is 16.5. The summed E-state index contributed by atoms with van der Waals surface area (Å²) in [6, 6.07) is 0. The van der Waals surface area contributed by atoms with Crippen molar-refractivity contribution in [3.63, 3.8) is 0 Å². The molecule has 1 aliphatic heterocycles. The van der Waals surface area contributed by atoms with Crippen LogP contribution in [0.2, 0.25) is 0 Å². The van der Waals surface area contributed by atoms with E-state index in [-0.39, 0.29) is 0 Å². The molecule has 0 amide bonds. The summed E-state index contributed by atoms with van der Waals surface area (Å²) in [4.78, 5) is 10.2. The van der Waals surface area contributed by atoms with Gasteiger partial charge >= 0.3 is 0 Å². The Kier molecular flexibility index (Phi) is 6.62. The van der Waals surface area contributed by atoms with Crippen LogP contribution in [0, 0.1) is 5.92 Å². The molecule has 14 heavy (non-hydrogen) atoms. The first kappa shape index (κ1) is 11.7. The smallest absolute Gasteiger partial charge is 0.123 e. The second-order valence-electron chi connectivity index (χ2n) is 3.90. The predicted octanol–water partition coefficient (Wildman–Crippen LogP) is 1.37. The molecule has 1 heterocycles. The number of carbonyl (C=O) groups excluding carboxylic acids is 1. The average molecular weight is 199 g/mol. The molecule has 2 aliphatic rings. The minimum absolute atomic E-state index is 0.406. The largest absolute Gasteiger partial charge is 0.379 e. The van der Waals surface area contributed by atoms with Crippen molar-refractivity contribution in [2.24, 2.45) is 5.92 Å². The minimum Gasteiger partial charge on any atom is -0.379 e. The first-order valence-corrected chi connectivity index (χ1v) is 5.67. The highest BCUT2D eigenvalue weighted by molar-refractivity contribution is 5.53. The normalized spacial score (nSPS) is 23.4. The SMILES string of the molecule is C1COCCN1.O=CC1CCCCC1. The molecule has 2 rings (SSSR count). The summed E-state index contributed by atoms with van der Waals surface area (Å²) >= 11 is 0. The lowest BCUT2D eigenvalue weighted by Gasteiger charge is -2.14. The summed E-state index contributed by atoms with van der Waals surface area (Å²) in [6.45, 7) is 3.83. The van der Waals surface area contributed by atoms with Crippen LogP contribution in [0.15, 0.2) is 0 Å². The van der Waals surface area contributed by atoms with Gasteiger partial charge in [0.15, 0.2) is 0 Å². The van der Waals surface area contributed by atoms with Crippen molar-refractivity contribution in [1.29, 1.82) is 0 Å². The lowest BCUT2D eigenvalue weighted by molar-refractivity contribution is -0.111. The van der Waals surface area contributed by atoms with Crippen molar-refractivity contribution in [3.05, 3.63) is 0 Å². The summed E-state index contributed by atoms with van der Waals surface area (Å²) in [5.74, 6) is 0.406. The first-order valence-electron chi connectivity index (χ1n) is 5.67. The van der Waals surface area contributed by atoms with E-state index in [0.29, 0.717) is 5.92 Å². The topological polar surface area (TPSA) is 38.3 Å². The quantitative estimate of drug-likeness (QED) is 0.648. The first-order chi connectivity index (χ1) is 6.93. The van der Waals surface area contributed by atoms with Gasteiger partial charge in [-0.15, -0.1) is 0 Å². The number of ether oxygens (including phenoxy) is 1. The Labute approximate surface area is 86.2 Å². The van der Waals surface area contributed by atoms with Crippen molar-refractivity contribution in [1.82, 2.24) is 5.32 Å². The molecule has 1 N–H and O–H groups in total. The number of carbonyl (C=O) groups is 1. The van der Waals surface area contributed by atoms with Gasteiger partial charge < -0.3 is 14.8 Å². The Balaban J connectivity index is 0.000000146. The molecule has 0 spiro atoms. The predicted molar refractivity (Wildman–Crippen MR) is 56.3 cm³/mol. The molecule has 1 saturated carbocycles. The van der Waals surface area contributed by atoms with E-state index < -0.39 is 0 Å². The van der Waals surface area contributed by atoms with E-state index in [1.165, 1.54) is 19.3 Å². The van der Waals surface area contributed by atoms with Gasteiger partial charge in [-0.2, -0.15) is 0 Å². The van der Waals surface area contributed by atoms with Crippen LogP contribution in [0.1, 0.15) is 32.1 Å². The van der Waals surface area contributed by atoms with Gasteiger partial charge in [-0.3, -0.25) is 0 Å². The van der Waals surface area contributed by atoms with Crippen LogP contribution in [0.3, 0.4) is 0 Å². The Hall–Kier alpha value is -0.410. The van der Waals surface area contributed by atoms with E-state index in [1.807, 2.05) is 0 Å². The maximum Gasteiger partial charge on any atom is 0.123 e. The monoisotopic (exact) mass is 199 g/mol. The Morgan fingerprint density at radius 2 is 1.71 bits per heavy atom. The molecular weight excluding hydrogens is 178 g/mol. The van der Waals surface area contributed by atoms with Crippen molar-refractivity contribution >= 4 is 6.29 Å². The molecule has 0 bridgehead atoms. The molecule has 3 nitrogen and oxygen atoms in total. The highest BCUT2D eigenvalue weighted by Gasteiger charge is 2.10. The van der Waals surface area contributed by atoms with Crippen LogP contribution in [0.4, 0.5) is 0 Å². The van der Waals surface area contributed by atoms with Crippen molar-refractivity contribution < 1.29 is 9.53 Å². The van der Waals surface area contributed by atoms with Crippen LogP contribution in [0.25, 0.3) is 0 Å². The minimum atomic E-state index is 0.406. The summed E-state index contributed by atoms with van der Waals surface area (Å²) in [6.07, 6.45) is 7.27. The third-order valence-corrected chi connectivity index (χ3v) is 2.69. The summed E-state index contributed by atoms with van der Waals surface area (Å²) in [5.41, 5.74) is 0. The van der Waals surface area contributed by atoms with E-state index in [9.17, 15) is 4.79 Å². The Bertz CT molecular complexity index is 129. The van der Waals surface area contributed by atoms with Crippen molar-refractivity contribution in [2.45, 2.75) is 32.1 Å². The maximum atomic E-state index is 10.2. The number of hydrogen-bond donors (Lipinski definition) is 1. The zero-order chi connectivity index (χ0) is 10.1. The highest BCUT2D eigenvalue weighted by Crippen LogP contribution is 2.21. The Morgan fingerprint density at radius 1 is 1.07 bits per heavy atom. The van der Waals surface area contributed by atoms with Gasteiger partial charge in [0.05, 0.1) is 13.2 Å². The van der Waals surface area contributed by atoms with Gasteiger partial charge in [0.2, 0.25) is 0 Å². The second kappa shape index (κ2) is 7.94. The lowest BCUT2D eigenvalue weighted by Crippen LogP contribution is -2.30. The van der Waals surface area contributed by atoms with Crippen LogP contribution in [0.5, 0.6) is 0 Å². The fourth-order valence-electron chi connectivity index (χ4n) is 1.79. The summed E-state index contributed by atoms with van der Waals surface area (Å²) in [7, 11) is 0. The van der Waals surface area contributed by atoms with Gasteiger partial charge in [-0.1, -0.05) is 19.3 Å². The number of hydrogen-bond acceptors (Lipinski definition) is 3. The van der Waals surface area contributed by atoms with E-state index in [1.54, 1.807) is 0 Å². The fraction of sp³-hybridized carbons (Fsp3) is 0.909.